The summed E-state index contributed by atoms with van der Waals surface area (Å²) in [5, 5.41) is 0. The molecular weight excluding hydrogens is 358 g/mol. The number of hydrogen-bond acceptors (Lipinski definition) is 6. The molecule has 1 aliphatic heterocycles. The van der Waals surface area contributed by atoms with Crippen molar-refractivity contribution in [3.8, 4) is 11.5 Å². The Kier molecular flexibility index (Phi) is 5.45. The van der Waals surface area contributed by atoms with Gasteiger partial charge in [0.15, 0.2) is 11.5 Å². The summed E-state index contributed by atoms with van der Waals surface area (Å²) in [4.78, 5) is 14.7. The highest BCUT2D eigenvalue weighted by Gasteiger charge is 2.32. The summed E-state index contributed by atoms with van der Waals surface area (Å²) in [7, 11) is 1.59. The van der Waals surface area contributed by atoms with Crippen LogP contribution < -0.4 is 9.47 Å². The molecule has 5 nitrogen and oxygen atoms in total. The number of methoxy groups -OCH3 is 1. The van der Waals surface area contributed by atoms with Gasteiger partial charge in [0, 0.05) is 0 Å². The van der Waals surface area contributed by atoms with E-state index in [1.807, 2.05) is 31.2 Å². The lowest BCUT2D eigenvalue weighted by molar-refractivity contribution is -0.122. The van der Waals surface area contributed by atoms with Gasteiger partial charge in [-0.15, -0.1) is 0 Å². The van der Waals surface area contributed by atoms with Gasteiger partial charge in [-0.05, 0) is 42.8 Å². The number of carbonyl (C=O) groups is 1. The number of rotatable bonds is 6. The van der Waals surface area contributed by atoms with Gasteiger partial charge in [0.2, 0.25) is 0 Å². The zero-order valence-corrected chi connectivity index (χ0v) is 15.5. The highest BCUT2D eigenvalue weighted by atomic mass is 32.2. The molecule has 7 heteroatoms. The summed E-state index contributed by atoms with van der Waals surface area (Å²) in [5.41, 5.74) is 0.846. The maximum absolute atomic E-state index is 12.6. The van der Waals surface area contributed by atoms with E-state index >= 15 is 0 Å². The first-order valence-electron chi connectivity index (χ1n) is 7.71. The molecule has 0 unspecified atom stereocenters. The quantitative estimate of drug-likeness (QED) is 0.560. The van der Waals surface area contributed by atoms with Crippen molar-refractivity contribution in [2.24, 2.45) is 0 Å². The van der Waals surface area contributed by atoms with E-state index in [1.54, 1.807) is 25.5 Å². The zero-order valence-electron chi connectivity index (χ0n) is 13.9. The average Bonchev–Trinajstić information content (AvgIpc) is 3.21. The molecule has 0 atom stereocenters. The Morgan fingerprint density at radius 2 is 2.16 bits per heavy atom. The molecule has 25 heavy (non-hydrogen) atoms. The van der Waals surface area contributed by atoms with E-state index < -0.39 is 0 Å². The highest BCUT2D eigenvalue weighted by molar-refractivity contribution is 8.26. The average molecular weight is 375 g/mol. The zero-order chi connectivity index (χ0) is 17.8. The number of thioether (sulfide) groups is 1. The van der Waals surface area contributed by atoms with Crippen LogP contribution in [0.3, 0.4) is 0 Å². The second-order valence-electron chi connectivity index (χ2n) is 5.19. The lowest BCUT2D eigenvalue weighted by Gasteiger charge is -2.12. The van der Waals surface area contributed by atoms with Gasteiger partial charge >= 0.3 is 0 Å². The molecule has 2 heterocycles. The molecule has 130 valence electrons. The molecule has 0 spiro atoms. The Bertz CT molecular complexity index is 814. The number of thiocarbonyl (C=S) groups is 1. The smallest absolute Gasteiger partial charge is 0.266 e. The predicted octanol–water partition coefficient (Wildman–Crippen LogP) is 4.09. The van der Waals surface area contributed by atoms with Crippen molar-refractivity contribution in [2.45, 2.75) is 13.5 Å². The Hall–Kier alpha value is -2.25. The molecule has 1 aromatic heterocycles. The minimum absolute atomic E-state index is 0.126. The lowest BCUT2D eigenvalue weighted by atomic mass is 10.2. The fourth-order valence-electron chi connectivity index (χ4n) is 2.39. The van der Waals surface area contributed by atoms with Crippen molar-refractivity contribution < 1.29 is 18.7 Å². The van der Waals surface area contributed by atoms with Crippen LogP contribution in [0.2, 0.25) is 0 Å². The van der Waals surface area contributed by atoms with Gasteiger partial charge < -0.3 is 13.9 Å². The fourth-order valence-corrected chi connectivity index (χ4v) is 3.65. The maximum Gasteiger partial charge on any atom is 0.266 e. The van der Waals surface area contributed by atoms with Crippen molar-refractivity contribution in [3.05, 3.63) is 52.8 Å². The van der Waals surface area contributed by atoms with Gasteiger partial charge in [-0.1, -0.05) is 30.0 Å². The minimum Gasteiger partial charge on any atom is -0.493 e. The van der Waals surface area contributed by atoms with Crippen molar-refractivity contribution >= 4 is 40.3 Å². The van der Waals surface area contributed by atoms with Crippen molar-refractivity contribution in [1.82, 2.24) is 4.90 Å². The summed E-state index contributed by atoms with van der Waals surface area (Å²) in [6, 6.07) is 9.16. The van der Waals surface area contributed by atoms with Gasteiger partial charge in [0.25, 0.3) is 5.91 Å². The summed E-state index contributed by atoms with van der Waals surface area (Å²) in [6.07, 6.45) is 3.38. The molecule has 1 fully saturated rings. The first-order chi connectivity index (χ1) is 12.1. The number of amides is 1. The van der Waals surface area contributed by atoms with E-state index in [0.29, 0.717) is 39.6 Å². The van der Waals surface area contributed by atoms with Crippen LogP contribution in [-0.2, 0) is 11.3 Å². The maximum atomic E-state index is 12.6. The molecule has 1 amide bonds. The summed E-state index contributed by atoms with van der Waals surface area (Å²) in [5.74, 6) is 1.87. The molecule has 0 saturated carbocycles. The van der Waals surface area contributed by atoms with E-state index in [2.05, 4.69) is 0 Å². The van der Waals surface area contributed by atoms with Crippen LogP contribution in [0.5, 0.6) is 11.5 Å². The van der Waals surface area contributed by atoms with Crippen LogP contribution in [0.25, 0.3) is 6.08 Å². The van der Waals surface area contributed by atoms with Crippen molar-refractivity contribution in [1.29, 1.82) is 0 Å². The number of carbonyl (C=O) groups excluding carboxylic acids is 1. The third-order valence-electron chi connectivity index (χ3n) is 3.55. The van der Waals surface area contributed by atoms with Gasteiger partial charge in [-0.3, -0.25) is 9.69 Å². The van der Waals surface area contributed by atoms with E-state index in [9.17, 15) is 4.79 Å². The largest absolute Gasteiger partial charge is 0.493 e. The Morgan fingerprint density at radius 1 is 1.32 bits per heavy atom. The molecule has 1 aromatic carbocycles. The van der Waals surface area contributed by atoms with Crippen LogP contribution in [-0.4, -0.2) is 28.8 Å². The molecule has 0 aliphatic carbocycles. The Balaban J connectivity index is 1.82. The van der Waals surface area contributed by atoms with Crippen LogP contribution >= 0.6 is 24.0 Å². The summed E-state index contributed by atoms with van der Waals surface area (Å²) < 4.78 is 16.7. The van der Waals surface area contributed by atoms with Crippen molar-refractivity contribution in [2.75, 3.05) is 13.7 Å². The number of benzene rings is 1. The van der Waals surface area contributed by atoms with E-state index in [0.717, 1.165) is 5.56 Å². The first kappa shape index (κ1) is 17.6. The van der Waals surface area contributed by atoms with Gasteiger partial charge in [0.05, 0.1) is 31.4 Å². The molecule has 3 rings (SSSR count). The number of hydrogen-bond donors (Lipinski definition) is 0. The topological polar surface area (TPSA) is 51.9 Å². The Labute approximate surface area is 155 Å². The highest BCUT2D eigenvalue weighted by Crippen LogP contribution is 2.35. The molecule has 0 bridgehead atoms. The fraction of sp³-hybridized carbons (Fsp3) is 0.222. The van der Waals surface area contributed by atoms with E-state index in [1.165, 1.54) is 16.7 Å². The molecule has 1 aliphatic rings. The number of nitrogens with zero attached hydrogens (tertiary/aromatic N) is 1. The summed E-state index contributed by atoms with van der Waals surface area (Å²) in [6.45, 7) is 2.81. The standard InChI is InChI=1S/C18H17NO4S2/c1-3-22-14-7-6-12(9-15(14)21-2)10-16-17(20)19(18(24)25-16)11-13-5-4-8-23-13/h4-10H,3,11H2,1-2H3. The van der Waals surface area contributed by atoms with E-state index in [-0.39, 0.29) is 5.91 Å². The Morgan fingerprint density at radius 3 is 2.84 bits per heavy atom. The van der Waals surface area contributed by atoms with Crippen LogP contribution in [0, 0.1) is 0 Å². The third-order valence-corrected chi connectivity index (χ3v) is 4.93. The molecular formula is C18H17NO4S2. The third kappa shape index (κ3) is 3.88. The first-order valence-corrected chi connectivity index (χ1v) is 8.93. The van der Waals surface area contributed by atoms with Gasteiger partial charge in [-0.2, -0.15) is 0 Å². The minimum atomic E-state index is -0.126. The second-order valence-corrected chi connectivity index (χ2v) is 6.87. The summed E-state index contributed by atoms with van der Waals surface area (Å²) >= 11 is 6.61. The monoisotopic (exact) mass is 375 g/mol. The van der Waals surface area contributed by atoms with Gasteiger partial charge in [0.1, 0.15) is 10.1 Å². The van der Waals surface area contributed by atoms with Gasteiger partial charge in [-0.25, -0.2) is 0 Å². The van der Waals surface area contributed by atoms with Crippen LogP contribution in [0.4, 0.5) is 0 Å². The lowest BCUT2D eigenvalue weighted by Crippen LogP contribution is -2.27. The van der Waals surface area contributed by atoms with Crippen molar-refractivity contribution in [3.63, 3.8) is 0 Å². The number of furan rings is 1. The molecule has 0 N–H and O–H groups in total. The normalized spacial score (nSPS) is 15.9. The molecule has 0 radical (unpaired) electrons. The van der Waals surface area contributed by atoms with Crippen LogP contribution in [0.15, 0.2) is 45.9 Å². The number of ether oxygens (including phenoxy) is 2. The molecule has 2 aromatic rings. The SMILES string of the molecule is CCOc1ccc(C=C2SC(=S)N(Cc3ccco3)C2=O)cc1OC. The van der Waals surface area contributed by atoms with Crippen LogP contribution in [0.1, 0.15) is 18.2 Å². The predicted molar refractivity (Wildman–Crippen MR) is 102 cm³/mol. The molecule has 1 saturated heterocycles. The second kappa shape index (κ2) is 7.76. The van der Waals surface area contributed by atoms with E-state index in [4.69, 9.17) is 26.1 Å².